The van der Waals surface area contributed by atoms with Gasteiger partial charge in [-0.2, -0.15) is 0 Å². The van der Waals surface area contributed by atoms with Crippen molar-refractivity contribution in [2.45, 2.75) is 13.8 Å². The molecule has 0 spiro atoms. The molecule has 2 bridgehead atoms. The SMILES string of the molecule is CC1=C(c2ccccc2)P2(=O)CC1(C)C(c1ccccc1)=C2c1ccco1. The van der Waals surface area contributed by atoms with E-state index in [1.165, 1.54) is 11.1 Å². The fraction of sp³-hybridized carbons (Fsp3) is 0.167. The van der Waals surface area contributed by atoms with Gasteiger partial charge in [0.2, 0.25) is 0 Å². The van der Waals surface area contributed by atoms with Gasteiger partial charge >= 0.3 is 0 Å². The topological polar surface area (TPSA) is 30.2 Å². The largest absolute Gasteiger partial charge is 0.464 e. The van der Waals surface area contributed by atoms with Gasteiger partial charge in [0.05, 0.1) is 11.6 Å². The zero-order valence-electron chi connectivity index (χ0n) is 15.5. The second-order valence-corrected chi connectivity index (χ2v) is 10.3. The molecule has 134 valence electrons. The molecule has 1 aromatic heterocycles. The van der Waals surface area contributed by atoms with Crippen molar-refractivity contribution >= 4 is 23.3 Å². The maximum Gasteiger partial charge on any atom is 0.149 e. The monoisotopic (exact) mass is 372 g/mol. The number of hydrogen-bond acceptors (Lipinski definition) is 2. The van der Waals surface area contributed by atoms with Crippen LogP contribution < -0.4 is 0 Å². The average Bonchev–Trinajstić information content (AvgIpc) is 3.33. The van der Waals surface area contributed by atoms with Crippen molar-refractivity contribution in [3.05, 3.63) is 102 Å². The summed E-state index contributed by atoms with van der Waals surface area (Å²) in [6.45, 7) is 4.40. The van der Waals surface area contributed by atoms with Crippen LogP contribution >= 0.6 is 7.14 Å². The fourth-order valence-corrected chi connectivity index (χ4v) is 9.27. The highest BCUT2D eigenvalue weighted by Crippen LogP contribution is 2.84. The molecule has 2 aliphatic heterocycles. The van der Waals surface area contributed by atoms with E-state index in [2.05, 4.69) is 38.1 Å². The number of rotatable bonds is 3. The van der Waals surface area contributed by atoms with E-state index in [0.717, 1.165) is 27.5 Å². The van der Waals surface area contributed by atoms with E-state index in [0.29, 0.717) is 6.16 Å². The summed E-state index contributed by atoms with van der Waals surface area (Å²) >= 11 is 0. The minimum absolute atomic E-state index is 0.246. The van der Waals surface area contributed by atoms with Gasteiger partial charge in [-0.3, -0.25) is 0 Å². The van der Waals surface area contributed by atoms with Gasteiger partial charge in [0.15, 0.2) is 0 Å². The van der Waals surface area contributed by atoms with Crippen molar-refractivity contribution in [3.63, 3.8) is 0 Å². The smallest absolute Gasteiger partial charge is 0.149 e. The van der Waals surface area contributed by atoms with Gasteiger partial charge in [-0.05, 0) is 35.8 Å². The lowest BCUT2D eigenvalue weighted by Gasteiger charge is -2.30. The molecule has 0 saturated carbocycles. The summed E-state index contributed by atoms with van der Waals surface area (Å²) in [6, 6.07) is 24.4. The first kappa shape index (κ1) is 16.6. The zero-order valence-corrected chi connectivity index (χ0v) is 16.4. The van der Waals surface area contributed by atoms with Crippen molar-refractivity contribution < 1.29 is 8.98 Å². The second kappa shape index (κ2) is 5.71. The Hall–Kier alpha value is -2.57. The molecular formula is C24H21O2P. The molecule has 0 amide bonds. The first-order valence-corrected chi connectivity index (χ1v) is 11.2. The van der Waals surface area contributed by atoms with E-state index >= 15 is 0 Å². The van der Waals surface area contributed by atoms with Crippen LogP contribution in [0, 0.1) is 5.41 Å². The molecule has 0 aliphatic carbocycles. The molecule has 0 radical (unpaired) electrons. The van der Waals surface area contributed by atoms with E-state index in [-0.39, 0.29) is 5.41 Å². The molecule has 2 aliphatic rings. The van der Waals surface area contributed by atoms with Gasteiger partial charge in [-0.1, -0.05) is 73.2 Å². The summed E-state index contributed by atoms with van der Waals surface area (Å²) in [4.78, 5) is 0. The number of hydrogen-bond donors (Lipinski definition) is 0. The molecule has 2 nitrogen and oxygen atoms in total. The highest BCUT2D eigenvalue weighted by atomic mass is 31.2. The van der Waals surface area contributed by atoms with Crippen LogP contribution in [0.2, 0.25) is 0 Å². The molecule has 2 unspecified atom stereocenters. The van der Waals surface area contributed by atoms with Crippen molar-refractivity contribution in [1.29, 1.82) is 0 Å². The summed E-state index contributed by atoms with van der Waals surface area (Å²) in [5.74, 6) is 0.738. The van der Waals surface area contributed by atoms with Crippen LogP contribution in [-0.4, -0.2) is 6.16 Å². The lowest BCUT2D eigenvalue weighted by molar-refractivity contribution is 0.553. The van der Waals surface area contributed by atoms with Gasteiger partial charge in [0, 0.05) is 16.9 Å². The number of allylic oxidation sites excluding steroid dienone is 2. The lowest BCUT2D eigenvalue weighted by Crippen LogP contribution is -2.18. The number of benzene rings is 2. The first-order valence-electron chi connectivity index (χ1n) is 9.27. The van der Waals surface area contributed by atoms with Crippen LogP contribution in [0.1, 0.15) is 30.7 Å². The van der Waals surface area contributed by atoms with Gasteiger partial charge in [0.1, 0.15) is 12.9 Å². The zero-order chi connectivity index (χ0) is 18.6. The molecule has 0 fully saturated rings. The molecule has 2 atom stereocenters. The van der Waals surface area contributed by atoms with Gasteiger partial charge in [-0.15, -0.1) is 0 Å². The Morgan fingerprint density at radius 3 is 2.07 bits per heavy atom. The predicted octanol–water partition coefficient (Wildman–Crippen LogP) is 6.98. The summed E-state index contributed by atoms with van der Waals surface area (Å²) in [7, 11) is -2.79. The molecular weight excluding hydrogens is 351 g/mol. The number of fused-ring (bicyclic) bond motifs is 2. The Kier molecular flexibility index (Phi) is 3.51. The van der Waals surface area contributed by atoms with Crippen LogP contribution in [0.3, 0.4) is 0 Å². The highest BCUT2D eigenvalue weighted by molar-refractivity contribution is 7.85. The van der Waals surface area contributed by atoms with Crippen molar-refractivity contribution in [2.24, 2.45) is 5.41 Å². The maximum atomic E-state index is 14.6. The fourth-order valence-electron chi connectivity index (χ4n) is 4.87. The highest BCUT2D eigenvalue weighted by Gasteiger charge is 2.59. The third-order valence-electron chi connectivity index (χ3n) is 6.10. The standard InChI is InChI=1S/C24H21O2P/c1-17-22(19-12-7-4-8-13-19)27(25)16-24(17,2)21(18-10-5-3-6-11-18)23(27)20-14-9-15-26-20/h3-15H,16H2,1-2H3. The minimum Gasteiger partial charge on any atom is -0.464 e. The summed E-state index contributed by atoms with van der Waals surface area (Å²) in [6.07, 6.45) is 2.32. The molecule has 5 rings (SSSR count). The van der Waals surface area contributed by atoms with Gasteiger partial charge in [0.25, 0.3) is 0 Å². The van der Waals surface area contributed by atoms with Crippen molar-refractivity contribution in [2.75, 3.05) is 6.16 Å². The maximum absolute atomic E-state index is 14.6. The molecule has 3 heterocycles. The van der Waals surface area contributed by atoms with E-state index < -0.39 is 7.14 Å². The Morgan fingerprint density at radius 2 is 1.48 bits per heavy atom. The third-order valence-corrected chi connectivity index (χ3v) is 9.66. The molecule has 27 heavy (non-hydrogen) atoms. The van der Waals surface area contributed by atoms with Crippen LogP contribution in [0.5, 0.6) is 0 Å². The van der Waals surface area contributed by atoms with E-state index in [1.807, 2.05) is 48.5 Å². The van der Waals surface area contributed by atoms with E-state index in [1.54, 1.807) is 6.26 Å². The predicted molar refractivity (Wildman–Crippen MR) is 112 cm³/mol. The summed E-state index contributed by atoms with van der Waals surface area (Å²) < 4.78 is 20.4. The first-order chi connectivity index (χ1) is 13.1. The molecule has 2 aromatic carbocycles. The number of furan rings is 1. The van der Waals surface area contributed by atoms with Crippen LogP contribution in [0.15, 0.2) is 89.0 Å². The normalized spacial score (nSPS) is 26.9. The van der Waals surface area contributed by atoms with Crippen molar-refractivity contribution in [3.8, 4) is 0 Å². The lowest BCUT2D eigenvalue weighted by atomic mass is 9.74. The Balaban J connectivity index is 1.84. The summed E-state index contributed by atoms with van der Waals surface area (Å²) in [5.41, 5.74) is 4.35. The summed E-state index contributed by atoms with van der Waals surface area (Å²) in [5, 5.41) is 1.93. The quantitative estimate of drug-likeness (QED) is 0.464. The molecule has 0 N–H and O–H groups in total. The van der Waals surface area contributed by atoms with Gasteiger partial charge < -0.3 is 8.98 Å². The third kappa shape index (κ3) is 2.17. The van der Waals surface area contributed by atoms with Gasteiger partial charge in [-0.25, -0.2) is 0 Å². The Bertz CT molecular complexity index is 1120. The van der Waals surface area contributed by atoms with E-state index in [4.69, 9.17) is 4.42 Å². The Morgan fingerprint density at radius 1 is 0.852 bits per heavy atom. The van der Waals surface area contributed by atoms with E-state index in [9.17, 15) is 4.57 Å². The Labute approximate surface area is 159 Å². The van der Waals surface area contributed by atoms with Crippen molar-refractivity contribution in [1.82, 2.24) is 0 Å². The average molecular weight is 372 g/mol. The molecule has 0 saturated heterocycles. The molecule has 3 heteroatoms. The van der Waals surface area contributed by atoms with Crippen LogP contribution in [0.4, 0.5) is 0 Å². The second-order valence-electron chi connectivity index (χ2n) is 7.64. The molecule has 3 aromatic rings. The minimum atomic E-state index is -2.79. The van der Waals surface area contributed by atoms with Crippen LogP contribution in [0.25, 0.3) is 16.2 Å². The van der Waals surface area contributed by atoms with Crippen LogP contribution in [-0.2, 0) is 4.57 Å².